The van der Waals surface area contributed by atoms with Crippen LogP contribution in [0.5, 0.6) is 0 Å². The average molecular weight is 200 g/mol. The van der Waals surface area contributed by atoms with Crippen molar-refractivity contribution >= 4 is 12.0 Å². The number of nitrogens with one attached hydrogen (secondary N) is 1. The lowest BCUT2D eigenvalue weighted by molar-refractivity contribution is -0.146. The summed E-state index contributed by atoms with van der Waals surface area (Å²) >= 11 is 0. The van der Waals surface area contributed by atoms with Gasteiger partial charge in [0.05, 0.1) is 0 Å². The number of carboxylic acid groups (broad SMARTS) is 1. The highest BCUT2D eigenvalue weighted by atomic mass is 16.4. The zero-order valence-corrected chi connectivity index (χ0v) is 8.70. The van der Waals surface area contributed by atoms with E-state index < -0.39 is 11.5 Å². The fourth-order valence-electron chi connectivity index (χ4n) is 0.896. The molecule has 14 heavy (non-hydrogen) atoms. The molecule has 0 aliphatic heterocycles. The topological polar surface area (TPSA) is 69.6 Å². The molecule has 1 aliphatic carbocycles. The van der Waals surface area contributed by atoms with Crippen LogP contribution in [-0.4, -0.2) is 40.6 Å². The first-order chi connectivity index (χ1) is 6.35. The smallest absolute Gasteiger partial charge is 0.329 e. The minimum Gasteiger partial charge on any atom is -0.480 e. The van der Waals surface area contributed by atoms with Gasteiger partial charge in [0.25, 0.3) is 0 Å². The third kappa shape index (κ3) is 2.16. The molecule has 1 aliphatic rings. The van der Waals surface area contributed by atoms with Gasteiger partial charge in [-0.15, -0.1) is 0 Å². The number of rotatable bonds is 3. The molecule has 0 bridgehead atoms. The van der Waals surface area contributed by atoms with E-state index in [1.165, 1.54) is 25.8 Å². The normalized spacial score (nSPS) is 16.2. The third-order valence-electron chi connectivity index (χ3n) is 2.57. The second-order valence-corrected chi connectivity index (χ2v) is 4.15. The lowest BCUT2D eigenvalue weighted by Crippen LogP contribution is -2.54. The number of amides is 2. The van der Waals surface area contributed by atoms with E-state index in [1.54, 1.807) is 0 Å². The van der Waals surface area contributed by atoms with Crippen LogP contribution in [0.4, 0.5) is 4.79 Å². The van der Waals surface area contributed by atoms with Crippen LogP contribution in [0.2, 0.25) is 0 Å². The molecule has 2 amide bonds. The van der Waals surface area contributed by atoms with Gasteiger partial charge >= 0.3 is 12.0 Å². The Bertz CT molecular complexity index is 259. The van der Waals surface area contributed by atoms with E-state index >= 15 is 0 Å². The molecule has 0 unspecified atom stereocenters. The van der Waals surface area contributed by atoms with Crippen LogP contribution >= 0.6 is 0 Å². The van der Waals surface area contributed by atoms with Crippen molar-refractivity contribution in [2.45, 2.75) is 38.3 Å². The summed E-state index contributed by atoms with van der Waals surface area (Å²) in [5, 5.41) is 11.6. The Morgan fingerprint density at radius 2 is 1.93 bits per heavy atom. The van der Waals surface area contributed by atoms with Crippen molar-refractivity contribution in [3.05, 3.63) is 0 Å². The molecule has 80 valence electrons. The molecule has 0 radical (unpaired) electrons. The number of hydrogen-bond acceptors (Lipinski definition) is 2. The standard InChI is InChI=1S/C9H16N2O3/c1-9(2,7(12)13)11(3)8(14)10-6-4-5-6/h6H,4-5H2,1-3H3,(H,10,14)(H,12,13). The van der Waals surface area contributed by atoms with Gasteiger partial charge in [0, 0.05) is 13.1 Å². The fourth-order valence-corrected chi connectivity index (χ4v) is 0.896. The zero-order chi connectivity index (χ0) is 10.9. The molecule has 0 spiro atoms. The van der Waals surface area contributed by atoms with Crippen LogP contribution < -0.4 is 5.32 Å². The van der Waals surface area contributed by atoms with E-state index in [-0.39, 0.29) is 12.1 Å². The SMILES string of the molecule is CN(C(=O)NC1CC1)C(C)(C)C(=O)O. The number of urea groups is 1. The Hall–Kier alpha value is -1.26. The summed E-state index contributed by atoms with van der Waals surface area (Å²) in [7, 11) is 1.49. The van der Waals surface area contributed by atoms with Crippen molar-refractivity contribution in [1.82, 2.24) is 10.2 Å². The van der Waals surface area contributed by atoms with Crippen molar-refractivity contribution in [3.63, 3.8) is 0 Å². The van der Waals surface area contributed by atoms with Gasteiger partial charge in [-0.25, -0.2) is 9.59 Å². The Balaban J connectivity index is 2.57. The van der Waals surface area contributed by atoms with Gasteiger partial charge < -0.3 is 15.3 Å². The average Bonchev–Trinajstić information content (AvgIpc) is 2.86. The third-order valence-corrected chi connectivity index (χ3v) is 2.57. The van der Waals surface area contributed by atoms with Gasteiger partial charge in [-0.05, 0) is 26.7 Å². The molecule has 0 aromatic heterocycles. The number of carbonyl (C=O) groups excluding carboxylic acids is 1. The first-order valence-electron chi connectivity index (χ1n) is 4.63. The van der Waals surface area contributed by atoms with Gasteiger partial charge in [0.2, 0.25) is 0 Å². The second kappa shape index (κ2) is 3.48. The minimum atomic E-state index is -1.17. The van der Waals surface area contributed by atoms with E-state index in [9.17, 15) is 9.59 Å². The first-order valence-corrected chi connectivity index (χ1v) is 4.63. The fraction of sp³-hybridized carbons (Fsp3) is 0.778. The summed E-state index contributed by atoms with van der Waals surface area (Å²) in [5.74, 6) is -1.01. The number of likely N-dealkylation sites (N-methyl/N-ethyl adjacent to an activating group) is 1. The molecule has 5 nitrogen and oxygen atoms in total. The maximum absolute atomic E-state index is 11.5. The monoisotopic (exact) mass is 200 g/mol. The van der Waals surface area contributed by atoms with Gasteiger partial charge in [0.15, 0.2) is 0 Å². The summed E-state index contributed by atoms with van der Waals surface area (Å²) in [6, 6.07) is -0.0746. The molecule has 1 fully saturated rings. The molecule has 0 heterocycles. The van der Waals surface area contributed by atoms with Crippen molar-refractivity contribution in [2.24, 2.45) is 0 Å². The van der Waals surface area contributed by atoms with Crippen LogP contribution in [0, 0.1) is 0 Å². The number of aliphatic carboxylic acids is 1. The summed E-state index contributed by atoms with van der Waals surface area (Å²) < 4.78 is 0. The predicted molar refractivity (Wildman–Crippen MR) is 51.0 cm³/mol. The van der Waals surface area contributed by atoms with Gasteiger partial charge in [-0.3, -0.25) is 0 Å². The molecule has 0 aromatic rings. The van der Waals surface area contributed by atoms with Crippen LogP contribution in [0.1, 0.15) is 26.7 Å². The highest BCUT2D eigenvalue weighted by molar-refractivity contribution is 5.85. The largest absolute Gasteiger partial charge is 0.480 e. The van der Waals surface area contributed by atoms with Crippen LogP contribution in [-0.2, 0) is 4.79 Å². The summed E-state index contributed by atoms with van der Waals surface area (Å²) in [6.45, 7) is 3.00. The molecular formula is C9H16N2O3. The number of nitrogens with zero attached hydrogens (tertiary/aromatic N) is 1. The van der Waals surface area contributed by atoms with Crippen LogP contribution in [0.15, 0.2) is 0 Å². The molecule has 5 heteroatoms. The molecule has 1 rings (SSSR count). The quantitative estimate of drug-likeness (QED) is 0.702. The Kier molecular flexibility index (Phi) is 2.69. The van der Waals surface area contributed by atoms with Crippen molar-refractivity contribution in [2.75, 3.05) is 7.05 Å². The molecule has 2 N–H and O–H groups in total. The maximum Gasteiger partial charge on any atom is 0.329 e. The van der Waals surface area contributed by atoms with Crippen molar-refractivity contribution in [3.8, 4) is 0 Å². The number of carboxylic acids is 1. The summed E-state index contributed by atoms with van der Waals surface area (Å²) in [5.41, 5.74) is -1.17. The van der Waals surface area contributed by atoms with E-state index in [2.05, 4.69) is 5.32 Å². The minimum absolute atomic E-state index is 0.245. The van der Waals surface area contributed by atoms with Gasteiger partial charge in [-0.2, -0.15) is 0 Å². The van der Waals surface area contributed by atoms with E-state index in [4.69, 9.17) is 5.11 Å². The Labute approximate surface area is 83.1 Å². The van der Waals surface area contributed by atoms with Crippen LogP contribution in [0.25, 0.3) is 0 Å². The number of hydrogen-bond donors (Lipinski definition) is 2. The summed E-state index contributed by atoms with van der Waals surface area (Å²) in [6.07, 6.45) is 1.99. The predicted octanol–water partition coefficient (Wildman–Crippen LogP) is 0.653. The molecule has 0 saturated heterocycles. The first kappa shape index (κ1) is 10.8. The lowest BCUT2D eigenvalue weighted by atomic mass is 10.1. The van der Waals surface area contributed by atoms with E-state index in [0.29, 0.717) is 0 Å². The highest BCUT2D eigenvalue weighted by Gasteiger charge is 2.36. The van der Waals surface area contributed by atoms with Crippen molar-refractivity contribution in [1.29, 1.82) is 0 Å². The number of carbonyl (C=O) groups is 2. The summed E-state index contributed by atoms with van der Waals surface area (Å²) in [4.78, 5) is 23.6. The molecule has 1 saturated carbocycles. The molecule has 0 atom stereocenters. The van der Waals surface area contributed by atoms with Crippen LogP contribution in [0.3, 0.4) is 0 Å². The molecular weight excluding hydrogens is 184 g/mol. The second-order valence-electron chi connectivity index (χ2n) is 4.15. The van der Waals surface area contributed by atoms with Gasteiger partial charge in [-0.1, -0.05) is 0 Å². The zero-order valence-electron chi connectivity index (χ0n) is 8.70. The van der Waals surface area contributed by atoms with E-state index in [1.807, 2.05) is 0 Å². The highest BCUT2D eigenvalue weighted by Crippen LogP contribution is 2.20. The maximum atomic E-state index is 11.5. The lowest BCUT2D eigenvalue weighted by Gasteiger charge is -2.31. The van der Waals surface area contributed by atoms with Gasteiger partial charge in [0.1, 0.15) is 5.54 Å². The molecule has 0 aromatic carbocycles. The van der Waals surface area contributed by atoms with Crippen molar-refractivity contribution < 1.29 is 14.7 Å². The van der Waals surface area contributed by atoms with E-state index in [0.717, 1.165) is 12.8 Å². The Morgan fingerprint density at radius 1 is 1.43 bits per heavy atom. The Morgan fingerprint density at radius 3 is 2.29 bits per heavy atom.